The summed E-state index contributed by atoms with van der Waals surface area (Å²) in [6, 6.07) is 8.12. The number of benzene rings is 1. The highest BCUT2D eigenvalue weighted by Crippen LogP contribution is 2.32. The van der Waals surface area contributed by atoms with Crippen molar-refractivity contribution in [3.05, 3.63) is 54.8 Å². The van der Waals surface area contributed by atoms with Crippen molar-refractivity contribution in [1.82, 2.24) is 24.3 Å². The summed E-state index contributed by atoms with van der Waals surface area (Å²) in [6.45, 7) is 1.42. The number of hydrogen-bond acceptors (Lipinski definition) is 7. The number of amides is 1. The smallest absolute Gasteiger partial charge is 0.306 e. The number of ether oxygens (including phenoxy) is 1. The number of aromatic nitrogens is 4. The molecule has 1 amide bonds. The first kappa shape index (κ1) is 21.1. The number of methoxy groups -OCH3 is 1. The molecule has 1 saturated heterocycles. The van der Waals surface area contributed by atoms with Crippen LogP contribution in [0.3, 0.4) is 0 Å². The van der Waals surface area contributed by atoms with Gasteiger partial charge in [0, 0.05) is 44.2 Å². The molecule has 10 heteroatoms. The molecule has 1 aliphatic heterocycles. The second-order valence-corrected chi connectivity index (χ2v) is 7.87. The Morgan fingerprint density at radius 2 is 2.00 bits per heavy atom. The minimum Gasteiger partial charge on any atom is -0.432 e. The Hall–Kier alpha value is -3.79. The average molecular weight is 450 g/mol. The van der Waals surface area contributed by atoms with Crippen molar-refractivity contribution < 1.29 is 18.3 Å². The Morgan fingerprint density at radius 3 is 2.76 bits per heavy atom. The molecule has 4 heterocycles. The number of carbonyl (C=O) groups is 1. The highest BCUT2D eigenvalue weighted by atomic mass is 19.1. The molecule has 1 fully saturated rings. The number of oxazole rings is 1. The summed E-state index contributed by atoms with van der Waals surface area (Å²) in [5, 5.41) is 3.39. The van der Waals surface area contributed by atoms with E-state index in [-0.39, 0.29) is 24.4 Å². The van der Waals surface area contributed by atoms with Crippen molar-refractivity contribution in [2.24, 2.45) is 0 Å². The normalized spacial score (nSPS) is 14.7. The lowest BCUT2D eigenvalue weighted by Gasteiger charge is -2.32. The van der Waals surface area contributed by atoms with Crippen LogP contribution in [0, 0.1) is 5.82 Å². The van der Waals surface area contributed by atoms with E-state index in [1.54, 1.807) is 36.9 Å². The van der Waals surface area contributed by atoms with Gasteiger partial charge in [-0.2, -0.15) is 4.98 Å². The lowest BCUT2D eigenvalue weighted by molar-refractivity contribution is -0.136. The van der Waals surface area contributed by atoms with E-state index in [4.69, 9.17) is 14.1 Å². The van der Waals surface area contributed by atoms with E-state index >= 15 is 0 Å². The van der Waals surface area contributed by atoms with Gasteiger partial charge < -0.3 is 19.4 Å². The number of hydrogen-bond donors (Lipinski definition) is 1. The Morgan fingerprint density at radius 1 is 1.21 bits per heavy atom. The number of nitrogens with zero attached hydrogens (tertiary/aromatic N) is 5. The van der Waals surface area contributed by atoms with Gasteiger partial charge in [-0.05, 0) is 43.2 Å². The van der Waals surface area contributed by atoms with Gasteiger partial charge in [0.15, 0.2) is 0 Å². The summed E-state index contributed by atoms with van der Waals surface area (Å²) in [6.07, 6.45) is 6.60. The molecule has 0 saturated carbocycles. The molecule has 0 bridgehead atoms. The number of likely N-dealkylation sites (tertiary alicyclic amines) is 1. The standard InChI is InChI=1S/C23H23FN6O3/c1-32-14-19(31)29-10-7-17(8-11-29)26-22-25-9-6-18(27-22)21-20(15-2-4-16(24)5-3-15)28-23-30(21)12-13-33-23/h2-6,9,12-13,17H,7-8,10-11,14H2,1H3,(H,25,26,27). The van der Waals surface area contributed by atoms with Crippen molar-refractivity contribution in [3.63, 3.8) is 0 Å². The minimum absolute atomic E-state index is 0.00683. The number of piperidine rings is 1. The Bertz CT molecular complexity index is 1260. The van der Waals surface area contributed by atoms with Gasteiger partial charge in [-0.15, -0.1) is 0 Å². The molecule has 4 aromatic rings. The third-order valence-electron chi connectivity index (χ3n) is 5.73. The van der Waals surface area contributed by atoms with E-state index < -0.39 is 0 Å². The van der Waals surface area contributed by atoms with Crippen LogP contribution in [0.4, 0.5) is 10.3 Å². The molecule has 0 aliphatic carbocycles. The summed E-state index contributed by atoms with van der Waals surface area (Å²) < 4.78 is 25.7. The molecular formula is C23H23FN6O3. The average Bonchev–Trinajstić information content (AvgIpc) is 3.42. The van der Waals surface area contributed by atoms with Crippen molar-refractivity contribution in [3.8, 4) is 22.6 Å². The fourth-order valence-electron chi connectivity index (χ4n) is 4.07. The minimum atomic E-state index is -0.313. The molecule has 1 aromatic carbocycles. The van der Waals surface area contributed by atoms with Crippen molar-refractivity contribution in [1.29, 1.82) is 0 Å². The number of rotatable bonds is 6. The van der Waals surface area contributed by atoms with Gasteiger partial charge in [-0.25, -0.2) is 14.4 Å². The SMILES string of the molecule is COCC(=O)N1CCC(Nc2nccc(-c3c(-c4ccc(F)cc4)nc4occn34)n2)CC1. The number of halogens is 1. The predicted octanol–water partition coefficient (Wildman–Crippen LogP) is 3.24. The van der Waals surface area contributed by atoms with Crippen molar-refractivity contribution >= 4 is 17.7 Å². The number of fused-ring (bicyclic) bond motifs is 1. The molecule has 0 radical (unpaired) electrons. The second kappa shape index (κ2) is 8.99. The zero-order valence-electron chi connectivity index (χ0n) is 18.1. The topological polar surface area (TPSA) is 97.8 Å². The molecule has 0 unspecified atom stereocenters. The lowest BCUT2D eigenvalue weighted by Crippen LogP contribution is -2.43. The molecule has 0 spiro atoms. The quantitative estimate of drug-likeness (QED) is 0.482. The van der Waals surface area contributed by atoms with Crippen molar-refractivity contribution in [2.45, 2.75) is 18.9 Å². The van der Waals surface area contributed by atoms with E-state index in [9.17, 15) is 9.18 Å². The molecule has 9 nitrogen and oxygen atoms in total. The van der Waals surface area contributed by atoms with E-state index in [1.165, 1.54) is 19.2 Å². The highest BCUT2D eigenvalue weighted by molar-refractivity contribution is 5.80. The molecule has 1 N–H and O–H groups in total. The van der Waals surface area contributed by atoms with Crippen molar-refractivity contribution in [2.75, 3.05) is 32.1 Å². The molecule has 3 aromatic heterocycles. The van der Waals surface area contributed by atoms with E-state index in [2.05, 4.69) is 15.3 Å². The third kappa shape index (κ3) is 4.29. The van der Waals surface area contributed by atoms with E-state index in [0.717, 1.165) is 24.1 Å². The van der Waals surface area contributed by atoms with Crippen LogP contribution in [0.25, 0.3) is 28.5 Å². The molecular weight excluding hydrogens is 427 g/mol. The van der Waals surface area contributed by atoms with Crippen LogP contribution in [-0.4, -0.2) is 63.0 Å². The first-order valence-corrected chi connectivity index (χ1v) is 10.7. The van der Waals surface area contributed by atoms with E-state index in [1.807, 2.05) is 9.30 Å². The third-order valence-corrected chi connectivity index (χ3v) is 5.73. The number of anilines is 1. The van der Waals surface area contributed by atoms with Gasteiger partial charge in [0.25, 0.3) is 0 Å². The molecule has 1 aliphatic rings. The summed E-state index contributed by atoms with van der Waals surface area (Å²) in [7, 11) is 1.52. The fourth-order valence-corrected chi connectivity index (χ4v) is 4.07. The molecule has 33 heavy (non-hydrogen) atoms. The zero-order valence-corrected chi connectivity index (χ0v) is 18.1. The van der Waals surface area contributed by atoms with Crippen LogP contribution in [-0.2, 0) is 9.53 Å². The number of nitrogens with one attached hydrogen (secondary N) is 1. The maximum absolute atomic E-state index is 13.5. The summed E-state index contributed by atoms with van der Waals surface area (Å²) in [5.41, 5.74) is 2.79. The van der Waals surface area contributed by atoms with Crippen LogP contribution in [0.1, 0.15) is 12.8 Å². The molecule has 170 valence electrons. The zero-order chi connectivity index (χ0) is 22.8. The van der Waals surface area contributed by atoms with Gasteiger partial charge in [0.1, 0.15) is 30.1 Å². The van der Waals surface area contributed by atoms with Gasteiger partial charge in [-0.1, -0.05) is 0 Å². The second-order valence-electron chi connectivity index (χ2n) is 7.87. The maximum Gasteiger partial charge on any atom is 0.306 e. The van der Waals surface area contributed by atoms with Gasteiger partial charge in [0.05, 0.1) is 5.69 Å². The van der Waals surface area contributed by atoms with Crippen LogP contribution in [0.15, 0.2) is 53.4 Å². The van der Waals surface area contributed by atoms with Gasteiger partial charge in [-0.3, -0.25) is 9.20 Å². The molecule has 5 rings (SSSR count). The van der Waals surface area contributed by atoms with Crippen LogP contribution < -0.4 is 5.32 Å². The fraction of sp³-hybridized carbons (Fsp3) is 0.304. The maximum atomic E-state index is 13.5. The predicted molar refractivity (Wildman–Crippen MR) is 119 cm³/mol. The lowest BCUT2D eigenvalue weighted by atomic mass is 10.1. The Labute approximate surface area is 189 Å². The Kier molecular flexibility index (Phi) is 5.74. The summed E-state index contributed by atoms with van der Waals surface area (Å²) >= 11 is 0. The highest BCUT2D eigenvalue weighted by Gasteiger charge is 2.24. The van der Waals surface area contributed by atoms with Crippen LogP contribution in [0.5, 0.6) is 0 Å². The van der Waals surface area contributed by atoms with Gasteiger partial charge in [0.2, 0.25) is 11.9 Å². The number of imidazole rings is 1. The monoisotopic (exact) mass is 450 g/mol. The summed E-state index contributed by atoms with van der Waals surface area (Å²) in [4.78, 5) is 27.5. The summed E-state index contributed by atoms with van der Waals surface area (Å²) in [5.74, 6) is 0.613. The van der Waals surface area contributed by atoms with Crippen LogP contribution >= 0.6 is 0 Å². The van der Waals surface area contributed by atoms with Gasteiger partial charge >= 0.3 is 5.84 Å². The van der Waals surface area contributed by atoms with E-state index in [0.29, 0.717) is 36.3 Å². The number of carbonyl (C=O) groups excluding carboxylic acids is 1. The Balaban J connectivity index is 1.39. The van der Waals surface area contributed by atoms with Crippen LogP contribution in [0.2, 0.25) is 0 Å². The first-order chi connectivity index (χ1) is 16.1. The molecule has 0 atom stereocenters. The first-order valence-electron chi connectivity index (χ1n) is 10.7. The largest absolute Gasteiger partial charge is 0.432 e.